The van der Waals surface area contributed by atoms with E-state index in [-0.39, 0.29) is 37.5 Å². The smallest absolute Gasteiger partial charge is 0.326 e. The number of rotatable bonds is 16. The van der Waals surface area contributed by atoms with Crippen LogP contribution >= 0.6 is 0 Å². The number of amides is 3. The number of carbonyl (C=O) groups is 4. The molecular weight excluding hydrogens is 542 g/mol. The Morgan fingerprint density at radius 1 is 0.810 bits per heavy atom. The van der Waals surface area contributed by atoms with Crippen molar-refractivity contribution in [2.24, 2.45) is 28.1 Å². The zero-order valence-corrected chi connectivity index (χ0v) is 23.8. The molecule has 0 fully saturated rings. The Bertz CT molecular complexity index is 1220. The first kappa shape index (κ1) is 33.6. The minimum atomic E-state index is -1.21. The van der Waals surface area contributed by atoms with Gasteiger partial charge in [0.15, 0.2) is 5.96 Å². The summed E-state index contributed by atoms with van der Waals surface area (Å²) in [7, 11) is 0. The molecule has 2 rings (SSSR count). The van der Waals surface area contributed by atoms with E-state index in [9.17, 15) is 29.4 Å². The lowest BCUT2D eigenvalue weighted by atomic mass is 10.0. The summed E-state index contributed by atoms with van der Waals surface area (Å²) in [5.41, 5.74) is 18.4. The monoisotopic (exact) mass is 583 g/mol. The van der Waals surface area contributed by atoms with E-state index in [1.54, 1.807) is 26.0 Å². The van der Waals surface area contributed by atoms with E-state index in [4.69, 9.17) is 17.2 Å². The second kappa shape index (κ2) is 16.6. The van der Waals surface area contributed by atoms with Crippen LogP contribution in [0.3, 0.4) is 0 Å². The molecule has 0 saturated carbocycles. The Morgan fingerprint density at radius 2 is 1.38 bits per heavy atom. The minimum Gasteiger partial charge on any atom is -0.508 e. The van der Waals surface area contributed by atoms with Crippen LogP contribution in [-0.4, -0.2) is 70.6 Å². The van der Waals surface area contributed by atoms with Gasteiger partial charge in [0, 0.05) is 13.0 Å². The summed E-state index contributed by atoms with van der Waals surface area (Å²) in [6, 6.07) is 10.8. The highest BCUT2D eigenvalue weighted by Crippen LogP contribution is 2.13. The van der Waals surface area contributed by atoms with Crippen LogP contribution in [0.4, 0.5) is 0 Å². The van der Waals surface area contributed by atoms with Gasteiger partial charge >= 0.3 is 5.97 Å². The molecule has 11 N–H and O–H groups in total. The fourth-order valence-corrected chi connectivity index (χ4v) is 4.13. The van der Waals surface area contributed by atoms with Crippen molar-refractivity contribution in [3.05, 3.63) is 65.7 Å². The number of nitrogens with two attached hydrogens (primary N) is 3. The van der Waals surface area contributed by atoms with Crippen LogP contribution in [0.15, 0.2) is 59.6 Å². The normalized spacial score (nSPS) is 13.7. The predicted octanol–water partition coefficient (Wildman–Crippen LogP) is -0.247. The Morgan fingerprint density at radius 3 is 1.95 bits per heavy atom. The van der Waals surface area contributed by atoms with Crippen molar-refractivity contribution >= 4 is 29.7 Å². The van der Waals surface area contributed by atoms with Gasteiger partial charge in [0.2, 0.25) is 17.7 Å². The van der Waals surface area contributed by atoms with E-state index >= 15 is 0 Å². The standard InChI is InChI=1S/C29H41N7O6/c1-17(2)24(28(41)42)36-26(39)22(9-6-14-33-29(31)32)34-27(40)23(16-19-10-12-20(37)13-11-19)35-25(38)21(30)15-18-7-4-3-5-8-18/h3-5,7-8,10-13,17,21-24,37H,6,9,14-16,30H2,1-2H3,(H,34,40)(H,35,38)(H,36,39)(H,41,42)(H4,31,32,33). The Kier molecular flexibility index (Phi) is 13.2. The molecule has 0 spiro atoms. The van der Waals surface area contributed by atoms with Gasteiger partial charge in [-0.05, 0) is 48.4 Å². The second-order valence-electron chi connectivity index (χ2n) is 10.3. The Labute approximate surface area is 244 Å². The summed E-state index contributed by atoms with van der Waals surface area (Å²) in [6.45, 7) is 3.47. The van der Waals surface area contributed by atoms with Gasteiger partial charge < -0.3 is 43.4 Å². The number of hydrogen-bond donors (Lipinski definition) is 8. The molecule has 2 aromatic rings. The summed E-state index contributed by atoms with van der Waals surface area (Å²) < 4.78 is 0. The fraction of sp³-hybridized carbons (Fsp3) is 0.414. The number of nitrogens with zero attached hydrogens (tertiary/aromatic N) is 1. The highest BCUT2D eigenvalue weighted by atomic mass is 16.4. The zero-order valence-electron chi connectivity index (χ0n) is 23.8. The number of carboxylic acids is 1. The number of aliphatic imine (C=N–C) groups is 1. The largest absolute Gasteiger partial charge is 0.508 e. The fourth-order valence-electron chi connectivity index (χ4n) is 4.13. The predicted molar refractivity (Wildman–Crippen MR) is 158 cm³/mol. The van der Waals surface area contributed by atoms with Crippen LogP contribution in [0.25, 0.3) is 0 Å². The third kappa shape index (κ3) is 11.5. The molecule has 4 unspecified atom stereocenters. The average Bonchev–Trinajstić information content (AvgIpc) is 2.93. The summed E-state index contributed by atoms with van der Waals surface area (Å²) in [6.07, 6.45) is 0.655. The van der Waals surface area contributed by atoms with Crippen molar-refractivity contribution < 1.29 is 29.4 Å². The van der Waals surface area contributed by atoms with Gasteiger partial charge in [-0.3, -0.25) is 19.4 Å². The third-order valence-electron chi connectivity index (χ3n) is 6.45. The number of nitrogens with one attached hydrogen (secondary N) is 3. The number of aromatic hydroxyl groups is 1. The van der Waals surface area contributed by atoms with Crippen molar-refractivity contribution in [3.8, 4) is 5.75 Å². The first-order valence-corrected chi connectivity index (χ1v) is 13.6. The van der Waals surface area contributed by atoms with Gasteiger partial charge in [0.25, 0.3) is 0 Å². The number of hydrogen-bond acceptors (Lipinski definition) is 7. The minimum absolute atomic E-state index is 0.0298. The number of phenols is 1. The van der Waals surface area contributed by atoms with Crippen molar-refractivity contribution in [2.75, 3.05) is 6.54 Å². The van der Waals surface area contributed by atoms with Crippen LogP contribution < -0.4 is 33.2 Å². The van der Waals surface area contributed by atoms with Gasteiger partial charge in [-0.2, -0.15) is 0 Å². The quantitative estimate of drug-likeness (QED) is 0.0738. The highest BCUT2D eigenvalue weighted by Gasteiger charge is 2.31. The highest BCUT2D eigenvalue weighted by molar-refractivity contribution is 5.94. The lowest BCUT2D eigenvalue weighted by Gasteiger charge is -2.26. The number of phenolic OH excluding ortho intramolecular Hbond substituents is 1. The van der Waals surface area contributed by atoms with Crippen molar-refractivity contribution in [1.82, 2.24) is 16.0 Å². The molecule has 0 aliphatic heterocycles. The molecule has 0 aliphatic rings. The summed E-state index contributed by atoms with van der Waals surface area (Å²) in [5.74, 6) is -3.69. The van der Waals surface area contributed by atoms with E-state index < -0.39 is 53.8 Å². The maximum Gasteiger partial charge on any atom is 0.326 e. The first-order valence-electron chi connectivity index (χ1n) is 13.6. The molecule has 0 radical (unpaired) electrons. The maximum atomic E-state index is 13.6. The third-order valence-corrected chi connectivity index (χ3v) is 6.45. The SMILES string of the molecule is CC(C)C(NC(=O)C(CCCN=C(N)N)NC(=O)C(Cc1ccc(O)cc1)NC(=O)C(N)Cc1ccccc1)C(=O)O. The van der Waals surface area contributed by atoms with E-state index in [1.807, 2.05) is 30.3 Å². The van der Waals surface area contributed by atoms with E-state index in [1.165, 1.54) is 12.1 Å². The first-order chi connectivity index (χ1) is 19.9. The van der Waals surface area contributed by atoms with Crippen molar-refractivity contribution in [2.45, 2.75) is 63.7 Å². The Hall–Kier alpha value is -4.65. The molecular formula is C29H41N7O6. The van der Waals surface area contributed by atoms with Crippen LogP contribution in [-0.2, 0) is 32.0 Å². The molecule has 0 aliphatic carbocycles. The lowest BCUT2D eigenvalue weighted by Crippen LogP contribution is -2.58. The number of aliphatic carboxylic acids is 1. The summed E-state index contributed by atoms with van der Waals surface area (Å²) in [4.78, 5) is 55.4. The second-order valence-corrected chi connectivity index (χ2v) is 10.3. The van der Waals surface area contributed by atoms with Gasteiger partial charge in [-0.25, -0.2) is 4.79 Å². The molecule has 0 aromatic heterocycles. The van der Waals surface area contributed by atoms with Crippen LogP contribution in [0.5, 0.6) is 5.75 Å². The van der Waals surface area contributed by atoms with Crippen molar-refractivity contribution in [1.29, 1.82) is 0 Å². The van der Waals surface area contributed by atoms with Crippen LogP contribution in [0.2, 0.25) is 0 Å². The molecule has 0 bridgehead atoms. The van der Waals surface area contributed by atoms with Crippen molar-refractivity contribution in [3.63, 3.8) is 0 Å². The number of benzene rings is 2. The molecule has 13 heteroatoms. The number of carboxylic acid groups (broad SMARTS) is 1. The van der Waals surface area contributed by atoms with E-state index in [2.05, 4.69) is 20.9 Å². The van der Waals surface area contributed by atoms with Gasteiger partial charge in [-0.15, -0.1) is 0 Å². The average molecular weight is 584 g/mol. The van der Waals surface area contributed by atoms with Crippen LogP contribution in [0.1, 0.15) is 37.8 Å². The molecule has 42 heavy (non-hydrogen) atoms. The zero-order chi connectivity index (χ0) is 31.2. The topological polar surface area (TPSA) is 235 Å². The van der Waals surface area contributed by atoms with Crippen LogP contribution in [0, 0.1) is 5.92 Å². The summed E-state index contributed by atoms with van der Waals surface area (Å²) >= 11 is 0. The van der Waals surface area contributed by atoms with E-state index in [0.29, 0.717) is 12.0 Å². The Balaban J connectivity index is 2.26. The number of guanidine groups is 1. The van der Waals surface area contributed by atoms with Gasteiger partial charge in [0.1, 0.15) is 23.9 Å². The molecule has 2 aromatic carbocycles. The van der Waals surface area contributed by atoms with Gasteiger partial charge in [0.05, 0.1) is 6.04 Å². The molecule has 4 atom stereocenters. The summed E-state index contributed by atoms with van der Waals surface area (Å²) in [5, 5.41) is 27.0. The molecule has 3 amide bonds. The number of carbonyl (C=O) groups excluding carboxylic acids is 3. The molecule has 228 valence electrons. The van der Waals surface area contributed by atoms with E-state index in [0.717, 1.165) is 5.56 Å². The molecule has 0 heterocycles. The maximum absolute atomic E-state index is 13.6. The lowest BCUT2D eigenvalue weighted by molar-refractivity contribution is -0.143. The molecule has 13 nitrogen and oxygen atoms in total. The van der Waals surface area contributed by atoms with Gasteiger partial charge in [-0.1, -0.05) is 56.3 Å². The molecule has 0 saturated heterocycles.